The van der Waals surface area contributed by atoms with Crippen LogP contribution in [0, 0.1) is 18.3 Å². The van der Waals surface area contributed by atoms with Gasteiger partial charge < -0.3 is 10.0 Å². The molecule has 2 atom stereocenters. The molecular formula is C16H26N4O4S. The minimum absolute atomic E-state index is 0.0794. The van der Waals surface area contributed by atoms with Crippen molar-refractivity contribution >= 4 is 15.9 Å². The van der Waals surface area contributed by atoms with Gasteiger partial charge in [-0.25, -0.2) is 12.7 Å². The molecule has 3 heterocycles. The van der Waals surface area contributed by atoms with Crippen LogP contribution < -0.4 is 0 Å². The highest BCUT2D eigenvalue weighted by molar-refractivity contribution is 7.88. The minimum Gasteiger partial charge on any atom is -0.396 e. The van der Waals surface area contributed by atoms with E-state index in [0.29, 0.717) is 38.2 Å². The number of rotatable bonds is 4. The Bertz CT molecular complexity index is 775. The third-order valence-corrected chi connectivity index (χ3v) is 6.95. The van der Waals surface area contributed by atoms with Crippen molar-refractivity contribution in [2.75, 3.05) is 39.0 Å². The highest BCUT2D eigenvalue weighted by atomic mass is 32.2. The van der Waals surface area contributed by atoms with E-state index < -0.39 is 15.4 Å². The van der Waals surface area contributed by atoms with Crippen LogP contribution in [0.1, 0.15) is 29.4 Å². The predicted molar refractivity (Wildman–Crippen MR) is 92.6 cm³/mol. The molecular weight excluding hydrogens is 344 g/mol. The number of amides is 1. The number of hydrogen-bond donors (Lipinski definition) is 1. The van der Waals surface area contributed by atoms with Gasteiger partial charge in [0.25, 0.3) is 5.91 Å². The predicted octanol–water partition coefficient (Wildman–Crippen LogP) is -0.0726. The first-order valence-corrected chi connectivity index (χ1v) is 10.4. The van der Waals surface area contributed by atoms with Crippen molar-refractivity contribution < 1.29 is 18.3 Å². The average molecular weight is 370 g/mol. The molecule has 0 bridgehead atoms. The summed E-state index contributed by atoms with van der Waals surface area (Å²) < 4.78 is 27.0. The van der Waals surface area contributed by atoms with Crippen molar-refractivity contribution in [2.45, 2.75) is 26.8 Å². The van der Waals surface area contributed by atoms with Gasteiger partial charge in [0.05, 0.1) is 24.6 Å². The summed E-state index contributed by atoms with van der Waals surface area (Å²) in [5, 5.41) is 14.3. The van der Waals surface area contributed by atoms with Crippen molar-refractivity contribution in [3.05, 3.63) is 17.5 Å². The fourth-order valence-electron chi connectivity index (χ4n) is 4.13. The zero-order valence-corrected chi connectivity index (χ0v) is 15.8. The van der Waals surface area contributed by atoms with E-state index in [2.05, 4.69) is 5.10 Å². The van der Waals surface area contributed by atoms with E-state index in [1.54, 1.807) is 15.8 Å². The molecule has 25 heavy (non-hydrogen) atoms. The third-order valence-electron chi connectivity index (χ3n) is 5.74. The lowest BCUT2D eigenvalue weighted by molar-refractivity contribution is 0.0129. The van der Waals surface area contributed by atoms with Gasteiger partial charge in [0.1, 0.15) is 0 Å². The molecule has 1 aromatic heterocycles. The molecule has 2 fully saturated rings. The number of sulfonamides is 1. The fourth-order valence-corrected chi connectivity index (χ4v) is 5.07. The van der Waals surface area contributed by atoms with Crippen LogP contribution in [0.2, 0.25) is 0 Å². The van der Waals surface area contributed by atoms with Crippen LogP contribution >= 0.6 is 0 Å². The Balaban J connectivity index is 1.83. The molecule has 1 N–H and O–H groups in total. The molecule has 0 aromatic carbocycles. The highest BCUT2D eigenvalue weighted by Crippen LogP contribution is 2.43. The molecule has 0 unspecified atom stereocenters. The van der Waals surface area contributed by atoms with Crippen molar-refractivity contribution in [1.82, 2.24) is 19.0 Å². The van der Waals surface area contributed by atoms with Crippen molar-refractivity contribution in [3.8, 4) is 0 Å². The standard InChI is InChI=1S/C16H26N4O4S/c1-4-20-12(2)14(7-17-20)15(22)18-6-5-13-8-19(25(3,23)24)10-16(13,9-18)11-21/h7,13,21H,4-6,8-11H2,1-3H3/t13-,16+/m0/s1. The summed E-state index contributed by atoms with van der Waals surface area (Å²) in [6, 6.07) is 0. The van der Waals surface area contributed by atoms with E-state index >= 15 is 0 Å². The van der Waals surface area contributed by atoms with Crippen LogP contribution in [0.3, 0.4) is 0 Å². The summed E-state index contributed by atoms with van der Waals surface area (Å²) in [6.07, 6.45) is 3.48. The van der Waals surface area contributed by atoms with Gasteiger partial charge >= 0.3 is 0 Å². The van der Waals surface area contributed by atoms with Crippen LogP contribution in [0.5, 0.6) is 0 Å². The van der Waals surface area contributed by atoms with Gasteiger partial charge in [-0.15, -0.1) is 0 Å². The Kier molecular flexibility index (Phi) is 4.67. The molecule has 2 saturated heterocycles. The van der Waals surface area contributed by atoms with Crippen molar-refractivity contribution in [1.29, 1.82) is 0 Å². The number of fused-ring (bicyclic) bond motifs is 1. The lowest BCUT2D eigenvalue weighted by Gasteiger charge is -2.43. The molecule has 0 spiro atoms. The molecule has 0 aliphatic carbocycles. The number of carbonyl (C=O) groups excluding carboxylic acids is 1. The van der Waals surface area contributed by atoms with Crippen LogP contribution in [-0.4, -0.2) is 77.5 Å². The number of likely N-dealkylation sites (tertiary alicyclic amines) is 1. The normalized spacial score (nSPS) is 27.5. The SMILES string of the molecule is CCn1ncc(C(=O)N2CC[C@H]3CN(S(C)(=O)=O)C[C@@]3(CO)C2)c1C. The Labute approximate surface area is 148 Å². The summed E-state index contributed by atoms with van der Waals surface area (Å²) in [5.74, 6) is -0.0167. The number of hydrogen-bond acceptors (Lipinski definition) is 5. The second-order valence-electron chi connectivity index (χ2n) is 7.25. The average Bonchev–Trinajstić information content (AvgIpc) is 3.14. The molecule has 2 aliphatic rings. The van der Waals surface area contributed by atoms with E-state index in [1.165, 1.54) is 10.6 Å². The smallest absolute Gasteiger partial charge is 0.257 e. The van der Waals surface area contributed by atoms with Gasteiger partial charge in [0.2, 0.25) is 10.0 Å². The minimum atomic E-state index is -3.30. The number of aliphatic hydroxyl groups excluding tert-OH is 1. The Morgan fingerprint density at radius 1 is 1.44 bits per heavy atom. The maximum atomic E-state index is 12.9. The second-order valence-corrected chi connectivity index (χ2v) is 9.23. The van der Waals surface area contributed by atoms with E-state index in [1.807, 2.05) is 13.8 Å². The maximum Gasteiger partial charge on any atom is 0.257 e. The summed E-state index contributed by atoms with van der Waals surface area (Å²) in [5.41, 5.74) is 0.828. The number of nitrogens with zero attached hydrogens (tertiary/aromatic N) is 4. The zero-order valence-electron chi connectivity index (χ0n) is 15.0. The number of aromatic nitrogens is 2. The van der Waals surface area contributed by atoms with Gasteiger partial charge in [0, 0.05) is 43.8 Å². The van der Waals surface area contributed by atoms with Crippen molar-refractivity contribution in [2.24, 2.45) is 11.3 Å². The monoisotopic (exact) mass is 370 g/mol. The lowest BCUT2D eigenvalue weighted by atomic mass is 9.74. The quantitative estimate of drug-likeness (QED) is 0.800. The Morgan fingerprint density at radius 2 is 2.16 bits per heavy atom. The van der Waals surface area contributed by atoms with Gasteiger partial charge in [-0.1, -0.05) is 0 Å². The number of aryl methyl sites for hydroxylation is 1. The summed E-state index contributed by atoms with van der Waals surface area (Å²) >= 11 is 0. The molecule has 140 valence electrons. The number of aliphatic hydroxyl groups is 1. The molecule has 0 saturated carbocycles. The van der Waals surface area contributed by atoms with Gasteiger partial charge in [-0.3, -0.25) is 9.48 Å². The first kappa shape index (κ1) is 18.3. The summed E-state index contributed by atoms with van der Waals surface area (Å²) in [4.78, 5) is 14.7. The third kappa shape index (κ3) is 3.09. The molecule has 0 radical (unpaired) electrons. The van der Waals surface area contributed by atoms with E-state index in [9.17, 15) is 18.3 Å². The number of carbonyl (C=O) groups is 1. The molecule has 9 heteroatoms. The van der Waals surface area contributed by atoms with Crippen LogP contribution in [0.25, 0.3) is 0 Å². The van der Waals surface area contributed by atoms with E-state index in [0.717, 1.165) is 5.69 Å². The fraction of sp³-hybridized carbons (Fsp3) is 0.750. The topological polar surface area (TPSA) is 95.7 Å². The van der Waals surface area contributed by atoms with Gasteiger partial charge in [0.15, 0.2) is 0 Å². The molecule has 2 aliphatic heterocycles. The van der Waals surface area contributed by atoms with Gasteiger partial charge in [-0.05, 0) is 26.2 Å². The Morgan fingerprint density at radius 3 is 2.72 bits per heavy atom. The largest absolute Gasteiger partial charge is 0.396 e. The van der Waals surface area contributed by atoms with Crippen LogP contribution in [-0.2, 0) is 16.6 Å². The molecule has 3 rings (SSSR count). The van der Waals surface area contributed by atoms with Gasteiger partial charge in [-0.2, -0.15) is 5.10 Å². The first-order chi connectivity index (χ1) is 11.7. The van der Waals surface area contributed by atoms with E-state index in [4.69, 9.17) is 0 Å². The van der Waals surface area contributed by atoms with E-state index in [-0.39, 0.29) is 25.0 Å². The van der Waals surface area contributed by atoms with Crippen LogP contribution in [0.15, 0.2) is 6.20 Å². The zero-order chi connectivity index (χ0) is 18.4. The Hall–Kier alpha value is -1.45. The highest BCUT2D eigenvalue weighted by Gasteiger charge is 2.52. The number of piperidine rings is 1. The first-order valence-electron chi connectivity index (χ1n) is 8.59. The second kappa shape index (κ2) is 6.37. The van der Waals surface area contributed by atoms with Crippen molar-refractivity contribution in [3.63, 3.8) is 0 Å². The van der Waals surface area contributed by atoms with Crippen LogP contribution in [0.4, 0.5) is 0 Å². The maximum absolute atomic E-state index is 12.9. The lowest BCUT2D eigenvalue weighted by Crippen LogP contribution is -2.52. The summed E-state index contributed by atoms with van der Waals surface area (Å²) in [7, 11) is -3.30. The molecule has 1 amide bonds. The molecule has 1 aromatic rings. The summed E-state index contributed by atoms with van der Waals surface area (Å²) in [6.45, 7) is 6.05. The molecule has 8 nitrogen and oxygen atoms in total.